The molecule has 128 valence electrons. The molecule has 1 saturated carbocycles. The molecule has 4 N–H and O–H groups in total. The lowest BCUT2D eigenvalue weighted by Gasteiger charge is -2.17. The van der Waals surface area contributed by atoms with Crippen LogP contribution >= 0.6 is 0 Å². The molecular formula is C17H26N2O4. The van der Waals surface area contributed by atoms with E-state index in [4.69, 9.17) is 15.6 Å². The van der Waals surface area contributed by atoms with Crippen molar-refractivity contribution >= 4 is 12.1 Å². The van der Waals surface area contributed by atoms with Crippen molar-refractivity contribution in [1.29, 1.82) is 0 Å². The second-order valence-corrected chi connectivity index (χ2v) is 6.60. The molecule has 2 aliphatic rings. The number of amides is 1. The molecule has 0 saturated heterocycles. The van der Waals surface area contributed by atoms with Crippen LogP contribution in [0.15, 0.2) is 0 Å². The molecule has 2 unspecified atom stereocenters. The summed E-state index contributed by atoms with van der Waals surface area (Å²) >= 11 is 0. The van der Waals surface area contributed by atoms with Crippen molar-refractivity contribution in [2.45, 2.75) is 57.4 Å². The number of ether oxygens (including phenoxy) is 1. The van der Waals surface area contributed by atoms with Gasteiger partial charge < -0.3 is 20.9 Å². The van der Waals surface area contributed by atoms with E-state index in [2.05, 4.69) is 17.2 Å². The number of rotatable bonds is 8. The van der Waals surface area contributed by atoms with Gasteiger partial charge in [0.25, 0.3) is 0 Å². The monoisotopic (exact) mass is 322 g/mol. The molecule has 1 fully saturated rings. The summed E-state index contributed by atoms with van der Waals surface area (Å²) in [5, 5.41) is 11.4. The van der Waals surface area contributed by atoms with Crippen LogP contribution in [-0.2, 0) is 9.53 Å². The number of nitrogens with two attached hydrogens (primary N) is 1. The van der Waals surface area contributed by atoms with Crippen LogP contribution in [-0.4, -0.2) is 36.4 Å². The van der Waals surface area contributed by atoms with E-state index in [1.807, 2.05) is 0 Å². The van der Waals surface area contributed by atoms with Gasteiger partial charge in [-0.3, -0.25) is 4.79 Å². The summed E-state index contributed by atoms with van der Waals surface area (Å²) in [5.41, 5.74) is 5.58. The van der Waals surface area contributed by atoms with E-state index in [1.165, 1.54) is 0 Å². The van der Waals surface area contributed by atoms with Gasteiger partial charge in [-0.25, -0.2) is 4.79 Å². The van der Waals surface area contributed by atoms with Gasteiger partial charge in [0.05, 0.1) is 6.61 Å². The molecule has 2 aliphatic carbocycles. The molecule has 23 heavy (non-hydrogen) atoms. The van der Waals surface area contributed by atoms with Gasteiger partial charge >= 0.3 is 12.1 Å². The van der Waals surface area contributed by atoms with Gasteiger partial charge in [0.1, 0.15) is 6.04 Å². The normalized spacial score (nSPS) is 26.6. The Bertz CT molecular complexity index is 497. The Labute approximate surface area is 137 Å². The van der Waals surface area contributed by atoms with Crippen molar-refractivity contribution < 1.29 is 19.4 Å². The number of carbonyl (C=O) groups excluding carboxylic acids is 1. The second-order valence-electron chi connectivity index (χ2n) is 6.60. The predicted octanol–water partition coefficient (Wildman–Crippen LogP) is 1.88. The molecule has 0 aromatic carbocycles. The van der Waals surface area contributed by atoms with Gasteiger partial charge in [-0.05, 0) is 44.4 Å². The topological polar surface area (TPSA) is 102 Å². The zero-order valence-electron chi connectivity index (χ0n) is 13.5. The number of hydrogen-bond acceptors (Lipinski definition) is 4. The van der Waals surface area contributed by atoms with Crippen molar-refractivity contribution in [1.82, 2.24) is 5.32 Å². The number of fused-ring (bicyclic) bond motifs is 1. The molecule has 2 rings (SSSR count). The van der Waals surface area contributed by atoms with Crippen LogP contribution < -0.4 is 11.1 Å². The molecule has 0 aromatic heterocycles. The minimum absolute atomic E-state index is 0.167. The number of hydrogen-bond donors (Lipinski definition) is 3. The molecule has 0 spiro atoms. The van der Waals surface area contributed by atoms with Crippen LogP contribution in [0, 0.1) is 23.2 Å². The largest absolute Gasteiger partial charge is 0.480 e. The average molecular weight is 322 g/mol. The van der Waals surface area contributed by atoms with E-state index in [1.54, 1.807) is 0 Å². The summed E-state index contributed by atoms with van der Waals surface area (Å²) < 4.78 is 5.37. The zero-order valence-corrected chi connectivity index (χ0v) is 13.5. The Morgan fingerprint density at radius 1 is 1.35 bits per heavy atom. The number of alkyl carbamates (subject to hydrolysis) is 1. The summed E-state index contributed by atoms with van der Waals surface area (Å²) in [6, 6.07) is -0.824. The third-order valence-corrected chi connectivity index (χ3v) is 4.87. The summed E-state index contributed by atoms with van der Waals surface area (Å²) in [6.07, 6.45) is 6.50. The van der Waals surface area contributed by atoms with Crippen LogP contribution in [0.2, 0.25) is 0 Å². The smallest absolute Gasteiger partial charge is 0.407 e. The third-order valence-electron chi connectivity index (χ3n) is 4.87. The lowest BCUT2D eigenvalue weighted by molar-refractivity contribution is -0.138. The first kappa shape index (κ1) is 17.6. The summed E-state index contributed by atoms with van der Waals surface area (Å²) in [4.78, 5) is 22.3. The molecule has 3 atom stereocenters. The highest BCUT2D eigenvalue weighted by Gasteiger charge is 2.53. The molecule has 0 aromatic rings. The molecular weight excluding hydrogens is 296 g/mol. The Morgan fingerprint density at radius 3 is 2.91 bits per heavy atom. The quantitative estimate of drug-likeness (QED) is 0.468. The van der Waals surface area contributed by atoms with E-state index in [9.17, 15) is 9.59 Å². The molecule has 1 amide bonds. The molecule has 6 nitrogen and oxygen atoms in total. The zero-order chi connectivity index (χ0) is 16.7. The van der Waals surface area contributed by atoms with Gasteiger partial charge in [0, 0.05) is 24.8 Å². The van der Waals surface area contributed by atoms with E-state index in [-0.39, 0.29) is 11.5 Å². The molecule has 0 heterocycles. The fraction of sp³-hybridized carbons (Fsp3) is 0.765. The highest BCUT2D eigenvalue weighted by atomic mass is 16.5. The second kappa shape index (κ2) is 8.21. The number of carboxylic acid groups (broad SMARTS) is 1. The van der Waals surface area contributed by atoms with Crippen LogP contribution in [0.4, 0.5) is 4.79 Å². The van der Waals surface area contributed by atoms with Crippen LogP contribution in [0.25, 0.3) is 0 Å². The van der Waals surface area contributed by atoms with E-state index in [0.29, 0.717) is 38.3 Å². The number of carbonyl (C=O) groups is 2. The maximum Gasteiger partial charge on any atom is 0.407 e. The van der Waals surface area contributed by atoms with Gasteiger partial charge in [0.15, 0.2) is 0 Å². The Morgan fingerprint density at radius 2 is 2.13 bits per heavy atom. The molecule has 0 bridgehead atoms. The van der Waals surface area contributed by atoms with Crippen molar-refractivity contribution in [2.24, 2.45) is 17.1 Å². The van der Waals surface area contributed by atoms with Crippen LogP contribution in [0.1, 0.15) is 51.4 Å². The van der Waals surface area contributed by atoms with E-state index in [0.717, 1.165) is 32.1 Å². The van der Waals surface area contributed by atoms with Crippen molar-refractivity contribution in [2.75, 3.05) is 13.2 Å². The van der Waals surface area contributed by atoms with Crippen molar-refractivity contribution in [3.05, 3.63) is 0 Å². The standard InChI is InChI=1S/C17H26N2O4/c18-14(15(20)21)8-4-6-10-19-16(22)23-12-17-9-5-2-1-3-7-13(17)11-17/h13-14H,3-12,18H2,(H,19,22)(H,20,21)/t13?,14-,17?/m0/s1. The lowest BCUT2D eigenvalue weighted by atomic mass is 9.95. The molecule has 0 aliphatic heterocycles. The van der Waals surface area contributed by atoms with Gasteiger partial charge in [0.2, 0.25) is 0 Å². The maximum absolute atomic E-state index is 11.7. The number of unbranched alkanes of at least 4 members (excludes halogenated alkanes) is 1. The average Bonchev–Trinajstić information content (AvgIpc) is 3.16. The first-order valence-electron chi connectivity index (χ1n) is 8.38. The van der Waals surface area contributed by atoms with E-state index >= 15 is 0 Å². The van der Waals surface area contributed by atoms with Crippen LogP contribution in [0.5, 0.6) is 0 Å². The summed E-state index contributed by atoms with van der Waals surface area (Å²) in [6.45, 7) is 0.960. The Hall–Kier alpha value is -1.74. The van der Waals surface area contributed by atoms with Crippen molar-refractivity contribution in [3.63, 3.8) is 0 Å². The number of aliphatic carboxylic acids is 1. The van der Waals surface area contributed by atoms with Crippen molar-refractivity contribution in [3.8, 4) is 11.8 Å². The first-order valence-corrected chi connectivity index (χ1v) is 8.38. The molecule has 0 radical (unpaired) electrons. The minimum Gasteiger partial charge on any atom is -0.480 e. The predicted molar refractivity (Wildman–Crippen MR) is 85.6 cm³/mol. The molecule has 6 heteroatoms. The summed E-state index contributed by atoms with van der Waals surface area (Å²) in [5.74, 6) is 6.00. The summed E-state index contributed by atoms with van der Waals surface area (Å²) in [7, 11) is 0. The van der Waals surface area contributed by atoms with Gasteiger partial charge in [-0.2, -0.15) is 0 Å². The highest BCUT2D eigenvalue weighted by Crippen LogP contribution is 2.58. The third kappa shape index (κ3) is 5.43. The Kier molecular flexibility index (Phi) is 6.28. The number of nitrogens with one attached hydrogen (secondary N) is 1. The maximum atomic E-state index is 11.7. The fourth-order valence-corrected chi connectivity index (χ4v) is 3.19. The lowest BCUT2D eigenvalue weighted by Crippen LogP contribution is -2.31. The van der Waals surface area contributed by atoms with E-state index < -0.39 is 12.0 Å². The highest BCUT2D eigenvalue weighted by molar-refractivity contribution is 5.72. The Balaban J connectivity index is 1.56. The van der Waals surface area contributed by atoms with Gasteiger partial charge in [-0.15, -0.1) is 11.8 Å². The van der Waals surface area contributed by atoms with Crippen LogP contribution in [0.3, 0.4) is 0 Å². The fourth-order valence-electron chi connectivity index (χ4n) is 3.19. The number of carboxylic acids is 1. The van der Waals surface area contributed by atoms with Gasteiger partial charge in [-0.1, -0.05) is 0 Å². The minimum atomic E-state index is -0.987. The SMILES string of the molecule is N[C@@H](CCCCNC(=O)OCC12CCC#CCCC1C2)C(=O)O. The first-order chi connectivity index (χ1) is 11.0.